The monoisotopic (exact) mass is 382 g/mol. The molecule has 2 aliphatic heterocycles. The maximum absolute atomic E-state index is 12.7. The second kappa shape index (κ2) is 8.07. The topological polar surface area (TPSA) is 120 Å². The number of carbonyl (C=O) groups is 5. The minimum atomic E-state index is -1.80. The molecule has 0 aromatic carbocycles. The average Bonchev–Trinajstić information content (AvgIpc) is 2.50. The summed E-state index contributed by atoms with van der Waals surface area (Å²) in [4.78, 5) is 63.3. The van der Waals surface area contributed by atoms with E-state index in [1.54, 1.807) is 20.8 Å². The molecule has 0 N–H and O–H groups in total. The minimum absolute atomic E-state index is 0.0486. The van der Waals surface area contributed by atoms with Crippen molar-refractivity contribution in [2.75, 3.05) is 33.2 Å². The Morgan fingerprint density at radius 2 is 1.67 bits per heavy atom. The maximum Gasteiger partial charge on any atom is 0.675 e. The molecular formula is C16H23BN2O8. The van der Waals surface area contributed by atoms with E-state index in [2.05, 4.69) is 0 Å². The predicted molar refractivity (Wildman–Crippen MR) is 91.4 cm³/mol. The Hall–Kier alpha value is -2.43. The van der Waals surface area contributed by atoms with Crippen molar-refractivity contribution >= 4 is 36.6 Å². The van der Waals surface area contributed by atoms with Crippen molar-refractivity contribution in [3.05, 3.63) is 0 Å². The first-order valence-corrected chi connectivity index (χ1v) is 8.58. The zero-order chi connectivity index (χ0) is 20.4. The molecule has 0 saturated carbocycles. The largest absolute Gasteiger partial charge is 0.675 e. The van der Waals surface area contributed by atoms with Crippen molar-refractivity contribution in [2.24, 2.45) is 5.92 Å². The summed E-state index contributed by atoms with van der Waals surface area (Å²) < 4.78 is 15.1. The van der Waals surface area contributed by atoms with Crippen LogP contribution in [-0.2, 0) is 33.2 Å². The van der Waals surface area contributed by atoms with Crippen molar-refractivity contribution in [3.63, 3.8) is 0 Å². The second-order valence-corrected chi connectivity index (χ2v) is 7.58. The predicted octanol–water partition coefficient (Wildman–Crippen LogP) is -0.559. The molecule has 1 atom stereocenters. The number of rotatable bonds is 2. The van der Waals surface area contributed by atoms with Gasteiger partial charge in [-0.1, -0.05) is 0 Å². The van der Waals surface area contributed by atoms with Gasteiger partial charge in [-0.05, 0) is 27.8 Å². The molecule has 0 bridgehead atoms. The Bertz CT molecular complexity index is 639. The summed E-state index contributed by atoms with van der Waals surface area (Å²) in [6.45, 7) is 4.61. The molecule has 0 radical (unpaired) electrons. The van der Waals surface area contributed by atoms with E-state index in [9.17, 15) is 24.0 Å². The fourth-order valence-corrected chi connectivity index (χ4v) is 2.69. The van der Waals surface area contributed by atoms with Gasteiger partial charge < -0.3 is 23.7 Å². The molecule has 0 aromatic heterocycles. The van der Waals surface area contributed by atoms with Crippen LogP contribution in [0.15, 0.2) is 0 Å². The Morgan fingerprint density at radius 1 is 1.11 bits per heavy atom. The number of ether oxygens (including phenoxy) is 1. The Kier molecular flexibility index (Phi) is 6.24. The van der Waals surface area contributed by atoms with Gasteiger partial charge in [0.1, 0.15) is 11.4 Å². The first kappa shape index (κ1) is 20.9. The first-order chi connectivity index (χ1) is 12.5. The van der Waals surface area contributed by atoms with Crippen LogP contribution in [0.2, 0.25) is 0 Å². The van der Waals surface area contributed by atoms with Crippen molar-refractivity contribution in [1.29, 1.82) is 0 Å². The van der Waals surface area contributed by atoms with E-state index in [4.69, 9.17) is 14.0 Å². The van der Waals surface area contributed by atoms with Crippen LogP contribution in [0.5, 0.6) is 0 Å². The van der Waals surface area contributed by atoms with E-state index in [0.29, 0.717) is 0 Å². The fourth-order valence-electron chi connectivity index (χ4n) is 2.69. The molecule has 0 spiro atoms. The number of piperidine rings is 1. The van der Waals surface area contributed by atoms with Crippen LogP contribution in [0, 0.1) is 5.92 Å². The van der Waals surface area contributed by atoms with E-state index in [0.717, 1.165) is 0 Å². The van der Waals surface area contributed by atoms with Gasteiger partial charge in [-0.25, -0.2) is 4.79 Å². The van der Waals surface area contributed by atoms with Gasteiger partial charge in [0.25, 0.3) is 0 Å². The van der Waals surface area contributed by atoms with Gasteiger partial charge in [0, 0.05) is 19.5 Å². The van der Waals surface area contributed by atoms with Gasteiger partial charge in [-0.2, -0.15) is 0 Å². The number of carbonyl (C=O) groups excluding carboxylic acids is 5. The Labute approximate surface area is 157 Å². The fraction of sp³-hybridized carbons (Fsp3) is 0.688. The van der Waals surface area contributed by atoms with Crippen molar-refractivity contribution in [1.82, 2.24) is 9.80 Å². The third-order valence-electron chi connectivity index (χ3n) is 3.92. The van der Waals surface area contributed by atoms with Crippen LogP contribution in [0.25, 0.3) is 0 Å². The number of ketones is 1. The lowest BCUT2D eigenvalue weighted by atomic mass is 9.72. The summed E-state index contributed by atoms with van der Waals surface area (Å²) >= 11 is 0. The highest BCUT2D eigenvalue weighted by atomic mass is 16.6. The molecule has 27 heavy (non-hydrogen) atoms. The lowest BCUT2D eigenvalue weighted by Crippen LogP contribution is -2.54. The van der Waals surface area contributed by atoms with Gasteiger partial charge in [0.05, 0.1) is 19.0 Å². The molecule has 1 amide bonds. The smallest absolute Gasteiger partial charge is 0.492 e. The third kappa shape index (κ3) is 5.78. The number of hydrogen-bond donors (Lipinski definition) is 0. The normalized spacial score (nSPS) is 22.5. The van der Waals surface area contributed by atoms with Crippen LogP contribution >= 0.6 is 0 Å². The number of likely N-dealkylation sites (N-methyl/N-ethyl adjacent to an activating group) is 1. The van der Waals surface area contributed by atoms with E-state index >= 15 is 0 Å². The van der Waals surface area contributed by atoms with Crippen molar-refractivity contribution in [3.8, 4) is 0 Å². The summed E-state index contributed by atoms with van der Waals surface area (Å²) in [5.41, 5.74) is -1.59. The lowest BCUT2D eigenvalue weighted by molar-refractivity contribution is -0.149. The van der Waals surface area contributed by atoms with Gasteiger partial charge in [0.15, 0.2) is 0 Å². The van der Waals surface area contributed by atoms with Crippen LogP contribution < -0.4 is 0 Å². The van der Waals surface area contributed by atoms with E-state index in [1.807, 2.05) is 0 Å². The summed E-state index contributed by atoms with van der Waals surface area (Å²) in [5.74, 6) is -3.17. The van der Waals surface area contributed by atoms with Gasteiger partial charge >= 0.3 is 25.2 Å². The van der Waals surface area contributed by atoms with Crippen LogP contribution in [0.3, 0.4) is 0 Å². The molecule has 0 aliphatic carbocycles. The molecule has 148 valence electrons. The quantitative estimate of drug-likeness (QED) is 0.457. The molecular weight excluding hydrogens is 359 g/mol. The molecule has 2 fully saturated rings. The van der Waals surface area contributed by atoms with Crippen molar-refractivity contribution in [2.45, 2.75) is 32.8 Å². The highest BCUT2D eigenvalue weighted by Gasteiger charge is 2.47. The number of nitrogens with zero attached hydrogens (tertiary/aromatic N) is 2. The summed E-state index contributed by atoms with van der Waals surface area (Å²) in [6.07, 6.45) is -0.700. The molecule has 11 heteroatoms. The number of likely N-dealkylation sites (tertiary alicyclic amines) is 1. The average molecular weight is 382 g/mol. The zero-order valence-corrected chi connectivity index (χ0v) is 15.9. The minimum Gasteiger partial charge on any atom is -0.492 e. The highest BCUT2D eigenvalue weighted by molar-refractivity contribution is 6.83. The van der Waals surface area contributed by atoms with Gasteiger partial charge in [-0.3, -0.25) is 19.3 Å². The molecule has 2 saturated heterocycles. The number of amides is 1. The maximum atomic E-state index is 12.7. The molecule has 2 aliphatic rings. The van der Waals surface area contributed by atoms with Crippen LogP contribution in [0.1, 0.15) is 27.2 Å². The molecule has 10 nitrogen and oxygen atoms in total. The van der Waals surface area contributed by atoms with Gasteiger partial charge in [-0.15, -0.1) is 0 Å². The standard InChI is InChI=1S/C16H23BN2O8/c1-16(2,3)25-15(24)19-6-5-11(20)10(7-19)14(23)17-26-12(21)8-18(4)9-13(22)27-17/h10H,5-9H2,1-4H3. The van der Waals surface area contributed by atoms with E-state index in [-0.39, 0.29) is 32.6 Å². The summed E-state index contributed by atoms with van der Waals surface area (Å²) in [7, 11) is -0.278. The van der Waals surface area contributed by atoms with Crippen LogP contribution in [0.4, 0.5) is 4.79 Å². The first-order valence-electron chi connectivity index (χ1n) is 8.58. The van der Waals surface area contributed by atoms with Gasteiger partial charge in [0.2, 0.25) is 5.68 Å². The van der Waals surface area contributed by atoms with Crippen molar-refractivity contribution < 1.29 is 38.0 Å². The zero-order valence-electron chi connectivity index (χ0n) is 15.9. The Balaban J connectivity index is 2.10. The summed E-state index contributed by atoms with van der Waals surface area (Å²) in [5, 5.41) is 0. The Morgan fingerprint density at radius 3 is 2.19 bits per heavy atom. The highest BCUT2D eigenvalue weighted by Crippen LogP contribution is 2.19. The van der Waals surface area contributed by atoms with E-state index in [1.165, 1.54) is 16.8 Å². The molecule has 2 rings (SSSR count). The summed E-state index contributed by atoms with van der Waals surface area (Å²) in [6, 6.07) is 0. The number of hydrogen-bond acceptors (Lipinski definition) is 9. The number of Topliss-reactive ketones (excluding diaryl/α,β-unsaturated/α-hetero) is 1. The van der Waals surface area contributed by atoms with Crippen LogP contribution in [-0.4, -0.2) is 85.2 Å². The second-order valence-electron chi connectivity index (χ2n) is 7.58. The molecule has 2 heterocycles. The molecule has 0 aromatic rings. The molecule has 1 unspecified atom stereocenters. The lowest BCUT2D eigenvalue weighted by Gasteiger charge is -2.33. The third-order valence-corrected chi connectivity index (χ3v) is 3.92. The van der Waals surface area contributed by atoms with E-state index < -0.39 is 48.1 Å². The SMILES string of the molecule is CN1CC(=O)OB(C(=O)C2CN(C(=O)OC(C)(C)C)CCC2=O)OC(=O)C1.